The summed E-state index contributed by atoms with van der Waals surface area (Å²) in [5.74, 6) is -0.197. The molecule has 0 aliphatic heterocycles. The molecule has 0 amide bonds. The molecule has 0 aliphatic rings. The van der Waals surface area contributed by atoms with Crippen LogP contribution in [0.4, 0.5) is 4.39 Å². The molecule has 1 unspecified atom stereocenters. The lowest BCUT2D eigenvalue weighted by molar-refractivity contribution is 0.581. The van der Waals surface area contributed by atoms with Crippen LogP contribution in [0.2, 0.25) is 0 Å². The maximum atomic E-state index is 13.6. The molecular weight excluding hydrogens is 253 g/mol. The highest BCUT2D eigenvalue weighted by Gasteiger charge is 2.17. The number of nitrogens with one attached hydrogen (secondary N) is 1. The van der Waals surface area contributed by atoms with Gasteiger partial charge in [-0.25, -0.2) is 4.39 Å². The van der Waals surface area contributed by atoms with E-state index in [0.29, 0.717) is 0 Å². The van der Waals surface area contributed by atoms with Gasteiger partial charge in [-0.1, -0.05) is 13.0 Å². The highest BCUT2D eigenvalue weighted by Crippen LogP contribution is 2.25. The molecule has 0 spiro atoms. The normalized spacial score (nSPS) is 12.6. The Balaban J connectivity index is 2.38. The van der Waals surface area contributed by atoms with E-state index >= 15 is 0 Å². The summed E-state index contributed by atoms with van der Waals surface area (Å²) in [6.07, 6.45) is 4.92. The maximum Gasteiger partial charge on any atom is 0.123 e. The SMILES string of the molecule is CCCNC(c1cnn(CC)c1)c1cc(F)ccc1C. The fourth-order valence-electron chi connectivity index (χ4n) is 2.32. The van der Waals surface area contributed by atoms with Crippen LogP contribution in [-0.4, -0.2) is 16.3 Å². The molecule has 0 saturated heterocycles. The number of hydrogen-bond donors (Lipinski definition) is 1. The van der Waals surface area contributed by atoms with Gasteiger partial charge in [-0.3, -0.25) is 4.68 Å². The Bertz CT molecular complexity index is 563. The number of aryl methyl sites for hydroxylation is 2. The molecule has 0 radical (unpaired) electrons. The zero-order chi connectivity index (χ0) is 14.5. The van der Waals surface area contributed by atoms with Crippen molar-refractivity contribution in [3.8, 4) is 0 Å². The van der Waals surface area contributed by atoms with Crippen molar-refractivity contribution in [1.29, 1.82) is 0 Å². The van der Waals surface area contributed by atoms with E-state index in [1.165, 1.54) is 6.07 Å². The molecule has 2 aromatic rings. The minimum Gasteiger partial charge on any atom is -0.306 e. The molecule has 1 heterocycles. The zero-order valence-corrected chi connectivity index (χ0v) is 12.4. The van der Waals surface area contributed by atoms with Crippen LogP contribution >= 0.6 is 0 Å². The molecule has 0 bridgehead atoms. The van der Waals surface area contributed by atoms with Crippen molar-refractivity contribution in [3.05, 3.63) is 53.1 Å². The predicted molar refractivity (Wildman–Crippen MR) is 79.2 cm³/mol. The van der Waals surface area contributed by atoms with E-state index in [2.05, 4.69) is 24.3 Å². The van der Waals surface area contributed by atoms with Gasteiger partial charge in [0.05, 0.1) is 12.2 Å². The number of benzene rings is 1. The molecule has 1 aromatic heterocycles. The minimum atomic E-state index is -0.197. The molecule has 1 N–H and O–H groups in total. The number of hydrogen-bond acceptors (Lipinski definition) is 2. The molecule has 0 saturated carbocycles. The van der Waals surface area contributed by atoms with Crippen molar-refractivity contribution in [2.75, 3.05) is 6.54 Å². The first kappa shape index (κ1) is 14.7. The summed E-state index contributed by atoms with van der Waals surface area (Å²) in [5.41, 5.74) is 3.15. The van der Waals surface area contributed by atoms with Crippen LogP contribution in [0.1, 0.15) is 43.0 Å². The van der Waals surface area contributed by atoms with Gasteiger partial charge >= 0.3 is 0 Å². The number of aromatic nitrogens is 2. The lowest BCUT2D eigenvalue weighted by Crippen LogP contribution is -2.23. The van der Waals surface area contributed by atoms with E-state index in [1.807, 2.05) is 30.1 Å². The first-order chi connectivity index (χ1) is 9.65. The Morgan fingerprint density at radius 2 is 2.15 bits per heavy atom. The Hall–Kier alpha value is -1.68. The van der Waals surface area contributed by atoms with Crippen LogP contribution in [-0.2, 0) is 6.54 Å². The van der Waals surface area contributed by atoms with Crippen molar-refractivity contribution in [1.82, 2.24) is 15.1 Å². The lowest BCUT2D eigenvalue weighted by atomic mass is 9.97. The van der Waals surface area contributed by atoms with E-state index in [0.717, 1.165) is 36.2 Å². The summed E-state index contributed by atoms with van der Waals surface area (Å²) in [7, 11) is 0. The van der Waals surface area contributed by atoms with Gasteiger partial charge < -0.3 is 5.32 Å². The topological polar surface area (TPSA) is 29.9 Å². The summed E-state index contributed by atoms with van der Waals surface area (Å²) in [6.45, 7) is 7.91. The molecular formula is C16H22FN3. The molecule has 108 valence electrons. The van der Waals surface area contributed by atoms with Gasteiger partial charge in [0.15, 0.2) is 0 Å². The second-order valence-corrected chi connectivity index (χ2v) is 5.02. The summed E-state index contributed by atoms with van der Waals surface area (Å²) in [4.78, 5) is 0. The fourth-order valence-corrected chi connectivity index (χ4v) is 2.32. The van der Waals surface area contributed by atoms with Gasteiger partial charge in [0.1, 0.15) is 5.82 Å². The van der Waals surface area contributed by atoms with E-state index < -0.39 is 0 Å². The molecule has 0 aliphatic carbocycles. The minimum absolute atomic E-state index is 0.00838. The fraction of sp³-hybridized carbons (Fsp3) is 0.438. The van der Waals surface area contributed by atoms with Crippen molar-refractivity contribution in [2.24, 2.45) is 0 Å². The quantitative estimate of drug-likeness (QED) is 0.875. The number of rotatable bonds is 6. The van der Waals surface area contributed by atoms with Crippen molar-refractivity contribution in [2.45, 2.75) is 39.8 Å². The molecule has 20 heavy (non-hydrogen) atoms. The van der Waals surface area contributed by atoms with Crippen molar-refractivity contribution < 1.29 is 4.39 Å². The summed E-state index contributed by atoms with van der Waals surface area (Å²) < 4.78 is 15.5. The van der Waals surface area contributed by atoms with Crippen LogP contribution in [0, 0.1) is 12.7 Å². The van der Waals surface area contributed by atoms with Crippen LogP contribution in [0.5, 0.6) is 0 Å². The Morgan fingerprint density at radius 3 is 2.80 bits per heavy atom. The van der Waals surface area contributed by atoms with Gasteiger partial charge in [0.25, 0.3) is 0 Å². The van der Waals surface area contributed by atoms with Crippen LogP contribution in [0.15, 0.2) is 30.6 Å². The van der Waals surface area contributed by atoms with Gasteiger partial charge in [-0.2, -0.15) is 5.10 Å². The average Bonchev–Trinajstić information content (AvgIpc) is 2.92. The standard InChI is InChI=1S/C16H22FN3/c1-4-8-18-16(13-10-19-20(5-2)11-13)15-9-14(17)7-6-12(15)3/h6-7,9-11,16,18H,4-5,8H2,1-3H3. The maximum absolute atomic E-state index is 13.6. The largest absolute Gasteiger partial charge is 0.306 e. The van der Waals surface area contributed by atoms with Crippen LogP contribution in [0.3, 0.4) is 0 Å². The molecule has 4 heteroatoms. The van der Waals surface area contributed by atoms with E-state index in [-0.39, 0.29) is 11.9 Å². The van der Waals surface area contributed by atoms with Crippen LogP contribution in [0.25, 0.3) is 0 Å². The summed E-state index contributed by atoms with van der Waals surface area (Å²) >= 11 is 0. The highest BCUT2D eigenvalue weighted by atomic mass is 19.1. The second kappa shape index (κ2) is 6.66. The first-order valence-corrected chi connectivity index (χ1v) is 7.17. The average molecular weight is 275 g/mol. The first-order valence-electron chi connectivity index (χ1n) is 7.17. The number of halogens is 1. The van der Waals surface area contributed by atoms with Crippen molar-refractivity contribution in [3.63, 3.8) is 0 Å². The third-order valence-corrected chi connectivity index (χ3v) is 3.46. The van der Waals surface area contributed by atoms with Crippen LogP contribution < -0.4 is 5.32 Å². The Labute approximate surface area is 119 Å². The molecule has 1 aromatic carbocycles. The molecule has 2 rings (SSSR count). The Morgan fingerprint density at radius 1 is 1.35 bits per heavy atom. The number of nitrogens with zero attached hydrogens (tertiary/aromatic N) is 2. The van der Waals surface area contributed by atoms with Gasteiger partial charge in [0, 0.05) is 18.3 Å². The monoisotopic (exact) mass is 275 g/mol. The van der Waals surface area contributed by atoms with Gasteiger partial charge in [-0.05, 0) is 50.1 Å². The van der Waals surface area contributed by atoms with E-state index in [1.54, 1.807) is 6.07 Å². The second-order valence-electron chi connectivity index (χ2n) is 5.02. The lowest BCUT2D eigenvalue weighted by Gasteiger charge is -2.20. The molecule has 3 nitrogen and oxygen atoms in total. The summed E-state index contributed by atoms with van der Waals surface area (Å²) in [5, 5.41) is 7.81. The summed E-state index contributed by atoms with van der Waals surface area (Å²) in [6, 6.07) is 4.94. The predicted octanol–water partition coefficient (Wildman–Crippen LogP) is 3.44. The zero-order valence-electron chi connectivity index (χ0n) is 12.4. The third-order valence-electron chi connectivity index (χ3n) is 3.46. The molecule has 0 fully saturated rings. The van der Waals surface area contributed by atoms with Gasteiger partial charge in [0.2, 0.25) is 0 Å². The smallest absolute Gasteiger partial charge is 0.123 e. The van der Waals surface area contributed by atoms with Gasteiger partial charge in [-0.15, -0.1) is 0 Å². The highest BCUT2D eigenvalue weighted by molar-refractivity contribution is 5.35. The Kier molecular flexibility index (Phi) is 4.90. The van der Waals surface area contributed by atoms with E-state index in [4.69, 9.17) is 0 Å². The molecule has 1 atom stereocenters. The van der Waals surface area contributed by atoms with Crippen molar-refractivity contribution >= 4 is 0 Å². The third kappa shape index (κ3) is 3.25. The van der Waals surface area contributed by atoms with E-state index in [9.17, 15) is 4.39 Å².